The van der Waals surface area contributed by atoms with Crippen molar-refractivity contribution in [2.45, 2.75) is 6.54 Å². The van der Waals surface area contributed by atoms with E-state index >= 15 is 0 Å². The van der Waals surface area contributed by atoms with E-state index in [0.717, 1.165) is 10.6 Å². The number of benzene rings is 2. The van der Waals surface area contributed by atoms with E-state index in [4.69, 9.17) is 4.74 Å². The number of cyclic esters (lactones) is 1. The number of rotatable bonds is 4. The molecule has 2 heterocycles. The first-order chi connectivity index (χ1) is 13.5. The Labute approximate surface area is 158 Å². The third-order valence-electron chi connectivity index (χ3n) is 4.30. The van der Waals surface area contributed by atoms with Gasteiger partial charge in [0, 0.05) is 11.4 Å². The molecule has 0 bridgehead atoms. The molecule has 0 saturated carbocycles. The predicted molar refractivity (Wildman–Crippen MR) is 99.7 cm³/mol. The number of aromatic nitrogens is 2. The molecule has 1 aromatic heterocycles. The fourth-order valence-electron chi connectivity index (χ4n) is 2.98. The normalized spacial score (nSPS) is 13.6. The monoisotopic (exact) mass is 382 g/mol. The van der Waals surface area contributed by atoms with E-state index < -0.39 is 23.4 Å². The van der Waals surface area contributed by atoms with Gasteiger partial charge in [-0.3, -0.25) is 19.1 Å². The van der Waals surface area contributed by atoms with Crippen LogP contribution in [0.5, 0.6) is 0 Å². The van der Waals surface area contributed by atoms with Crippen LogP contribution in [-0.2, 0) is 16.1 Å². The molecule has 1 fully saturated rings. The van der Waals surface area contributed by atoms with Crippen molar-refractivity contribution < 1.29 is 18.7 Å². The number of nitrogens with one attached hydrogen (secondary N) is 1. The second-order valence-electron chi connectivity index (χ2n) is 6.20. The standard InChI is InChI=1S/C19H15FN4O4/c20-12-4-5-16-15(8-12)18(26)23(11-21-16)10-17(25)22-13-2-1-3-14(9-13)24-6-7-28-19(24)27/h1-5,8-9,11H,6-7,10H2,(H,22,25). The summed E-state index contributed by atoms with van der Waals surface area (Å²) in [6, 6.07) is 10.5. The van der Waals surface area contributed by atoms with Crippen LogP contribution in [0.2, 0.25) is 0 Å². The Kier molecular flexibility index (Phi) is 4.48. The lowest BCUT2D eigenvalue weighted by molar-refractivity contribution is -0.116. The van der Waals surface area contributed by atoms with Crippen molar-refractivity contribution in [3.63, 3.8) is 0 Å². The van der Waals surface area contributed by atoms with E-state index in [2.05, 4.69) is 10.3 Å². The van der Waals surface area contributed by atoms with E-state index in [9.17, 15) is 18.8 Å². The molecule has 0 atom stereocenters. The number of ether oxygens (including phenoxy) is 1. The van der Waals surface area contributed by atoms with Gasteiger partial charge in [-0.1, -0.05) is 6.07 Å². The largest absolute Gasteiger partial charge is 0.447 e. The van der Waals surface area contributed by atoms with Gasteiger partial charge in [-0.05, 0) is 36.4 Å². The van der Waals surface area contributed by atoms with Gasteiger partial charge in [0.2, 0.25) is 5.91 Å². The number of carbonyl (C=O) groups excluding carboxylic acids is 2. The first kappa shape index (κ1) is 17.7. The number of amides is 2. The topological polar surface area (TPSA) is 93.5 Å². The molecule has 1 aliphatic rings. The molecule has 1 saturated heterocycles. The fourth-order valence-corrected chi connectivity index (χ4v) is 2.98. The highest BCUT2D eigenvalue weighted by Gasteiger charge is 2.23. The zero-order valence-corrected chi connectivity index (χ0v) is 14.6. The molecule has 142 valence electrons. The maximum Gasteiger partial charge on any atom is 0.414 e. The lowest BCUT2D eigenvalue weighted by atomic mass is 10.2. The second kappa shape index (κ2) is 7.10. The average Bonchev–Trinajstić information content (AvgIpc) is 3.10. The Morgan fingerprint density at radius 3 is 2.86 bits per heavy atom. The third kappa shape index (κ3) is 3.41. The van der Waals surface area contributed by atoms with E-state index in [1.54, 1.807) is 24.3 Å². The predicted octanol–water partition coefficient (Wildman–Crippen LogP) is 2.13. The Bertz CT molecular complexity index is 1140. The van der Waals surface area contributed by atoms with Crippen molar-refractivity contribution >= 4 is 34.3 Å². The lowest BCUT2D eigenvalue weighted by Crippen LogP contribution is -2.28. The molecule has 0 radical (unpaired) electrons. The van der Waals surface area contributed by atoms with Crippen LogP contribution < -0.4 is 15.8 Å². The van der Waals surface area contributed by atoms with Crippen LogP contribution in [0, 0.1) is 5.82 Å². The number of hydrogen-bond donors (Lipinski definition) is 1. The number of halogens is 1. The van der Waals surface area contributed by atoms with Gasteiger partial charge in [0.05, 0.1) is 23.8 Å². The van der Waals surface area contributed by atoms with Gasteiger partial charge in [-0.15, -0.1) is 0 Å². The Morgan fingerprint density at radius 2 is 2.07 bits per heavy atom. The van der Waals surface area contributed by atoms with Crippen LogP contribution in [0.1, 0.15) is 0 Å². The van der Waals surface area contributed by atoms with Crippen LogP contribution in [0.3, 0.4) is 0 Å². The van der Waals surface area contributed by atoms with Crippen LogP contribution in [0.25, 0.3) is 10.9 Å². The Balaban J connectivity index is 1.52. The van der Waals surface area contributed by atoms with E-state index in [0.29, 0.717) is 30.0 Å². The van der Waals surface area contributed by atoms with Crippen LogP contribution in [0.15, 0.2) is 53.6 Å². The molecular formula is C19H15FN4O4. The second-order valence-corrected chi connectivity index (χ2v) is 6.20. The molecule has 2 amide bonds. The van der Waals surface area contributed by atoms with Crippen molar-refractivity contribution in [3.05, 3.63) is 65.0 Å². The van der Waals surface area contributed by atoms with E-state index in [1.165, 1.54) is 23.4 Å². The maximum atomic E-state index is 13.4. The van der Waals surface area contributed by atoms with Gasteiger partial charge in [-0.2, -0.15) is 0 Å². The molecule has 0 aliphatic carbocycles. The van der Waals surface area contributed by atoms with E-state index in [-0.39, 0.29) is 11.9 Å². The zero-order valence-electron chi connectivity index (χ0n) is 14.6. The van der Waals surface area contributed by atoms with Crippen molar-refractivity contribution in [1.29, 1.82) is 0 Å². The highest BCUT2D eigenvalue weighted by atomic mass is 19.1. The molecule has 28 heavy (non-hydrogen) atoms. The minimum atomic E-state index is -0.550. The van der Waals surface area contributed by atoms with Gasteiger partial charge in [0.15, 0.2) is 0 Å². The smallest absolute Gasteiger partial charge is 0.414 e. The molecule has 3 aromatic rings. The molecule has 2 aromatic carbocycles. The summed E-state index contributed by atoms with van der Waals surface area (Å²) in [4.78, 5) is 42.0. The number of carbonyl (C=O) groups is 2. The van der Waals surface area contributed by atoms with Crippen molar-refractivity contribution in [2.24, 2.45) is 0 Å². The molecule has 0 unspecified atom stereocenters. The number of nitrogens with zero attached hydrogens (tertiary/aromatic N) is 3. The highest BCUT2D eigenvalue weighted by Crippen LogP contribution is 2.22. The van der Waals surface area contributed by atoms with Crippen LogP contribution >= 0.6 is 0 Å². The van der Waals surface area contributed by atoms with Gasteiger partial charge in [-0.25, -0.2) is 14.2 Å². The SMILES string of the molecule is O=C(Cn1cnc2ccc(F)cc2c1=O)Nc1cccc(N2CCOC2=O)c1. The lowest BCUT2D eigenvalue weighted by Gasteiger charge is -2.14. The average molecular weight is 382 g/mol. The van der Waals surface area contributed by atoms with Gasteiger partial charge >= 0.3 is 6.09 Å². The highest BCUT2D eigenvalue weighted by molar-refractivity contribution is 5.93. The zero-order chi connectivity index (χ0) is 19.7. The summed E-state index contributed by atoms with van der Waals surface area (Å²) in [7, 11) is 0. The first-order valence-corrected chi connectivity index (χ1v) is 8.50. The summed E-state index contributed by atoms with van der Waals surface area (Å²) in [6.07, 6.45) is 0.809. The molecule has 9 heteroatoms. The van der Waals surface area contributed by atoms with Gasteiger partial charge < -0.3 is 10.1 Å². The molecule has 8 nitrogen and oxygen atoms in total. The Morgan fingerprint density at radius 1 is 1.21 bits per heavy atom. The molecule has 4 rings (SSSR count). The van der Waals surface area contributed by atoms with Crippen molar-refractivity contribution in [2.75, 3.05) is 23.4 Å². The summed E-state index contributed by atoms with van der Waals surface area (Å²) >= 11 is 0. The first-order valence-electron chi connectivity index (χ1n) is 8.50. The Hall–Kier alpha value is -3.75. The summed E-state index contributed by atoms with van der Waals surface area (Å²) < 4.78 is 19.4. The number of fused-ring (bicyclic) bond motifs is 1. The summed E-state index contributed by atoms with van der Waals surface area (Å²) in [5.41, 5.74) is 0.914. The van der Waals surface area contributed by atoms with Gasteiger partial charge in [0.25, 0.3) is 5.56 Å². The summed E-state index contributed by atoms with van der Waals surface area (Å²) in [5.74, 6) is -1.01. The van der Waals surface area contributed by atoms with Crippen molar-refractivity contribution in [3.8, 4) is 0 Å². The van der Waals surface area contributed by atoms with Crippen molar-refractivity contribution in [1.82, 2.24) is 9.55 Å². The molecular weight excluding hydrogens is 367 g/mol. The number of hydrogen-bond acceptors (Lipinski definition) is 5. The third-order valence-corrected chi connectivity index (χ3v) is 4.30. The van der Waals surface area contributed by atoms with Crippen LogP contribution in [0.4, 0.5) is 20.6 Å². The minimum Gasteiger partial charge on any atom is -0.447 e. The quantitative estimate of drug-likeness (QED) is 0.746. The minimum absolute atomic E-state index is 0.102. The fraction of sp³-hybridized carbons (Fsp3) is 0.158. The molecule has 1 aliphatic heterocycles. The molecule has 0 spiro atoms. The molecule has 1 N–H and O–H groups in total. The van der Waals surface area contributed by atoms with Gasteiger partial charge in [0.1, 0.15) is 19.0 Å². The maximum absolute atomic E-state index is 13.4. The van der Waals surface area contributed by atoms with E-state index in [1.807, 2.05) is 0 Å². The summed E-state index contributed by atoms with van der Waals surface area (Å²) in [6.45, 7) is 0.465. The van der Waals surface area contributed by atoms with Crippen LogP contribution in [-0.4, -0.2) is 34.7 Å². The number of anilines is 2. The summed E-state index contributed by atoms with van der Waals surface area (Å²) in [5, 5.41) is 2.78.